The summed E-state index contributed by atoms with van der Waals surface area (Å²) in [5, 5.41) is 9.92. The smallest absolute Gasteiger partial charge is 0.410 e. The molecule has 1 aliphatic heterocycles. The number of nitrogens with zero attached hydrogens (tertiary/aromatic N) is 2. The monoisotopic (exact) mass is 275 g/mol. The van der Waals surface area contributed by atoms with Crippen molar-refractivity contribution in [2.75, 3.05) is 32.8 Å². The molecular formula is C12H24N2O3P+. The zero-order chi connectivity index (χ0) is 13.9. The lowest BCUT2D eigenvalue weighted by Gasteiger charge is -2.35. The Kier molecular flexibility index (Phi) is 5.14. The molecule has 1 amide bonds. The summed E-state index contributed by atoms with van der Waals surface area (Å²) in [6.45, 7) is 10.0. The zero-order valence-corrected chi connectivity index (χ0v) is 12.6. The van der Waals surface area contributed by atoms with Crippen molar-refractivity contribution in [2.24, 2.45) is 0 Å². The molecule has 6 heteroatoms. The Morgan fingerprint density at radius 1 is 1.33 bits per heavy atom. The molecule has 0 aliphatic carbocycles. The van der Waals surface area contributed by atoms with Crippen molar-refractivity contribution in [1.82, 2.24) is 9.80 Å². The third kappa shape index (κ3) is 4.56. The highest BCUT2D eigenvalue weighted by molar-refractivity contribution is 7.55. The van der Waals surface area contributed by atoms with Crippen LogP contribution in [0.25, 0.3) is 0 Å². The van der Waals surface area contributed by atoms with Gasteiger partial charge in [0.05, 0.1) is 13.0 Å². The molecule has 104 valence electrons. The second kappa shape index (κ2) is 6.00. The fourth-order valence-electron chi connectivity index (χ4n) is 1.74. The fraction of sp³-hybridized carbons (Fsp3) is 0.833. The molecule has 2 unspecified atom stereocenters. The van der Waals surface area contributed by atoms with Gasteiger partial charge in [-0.1, -0.05) is 0 Å². The number of aliphatic hydroxyl groups is 1. The van der Waals surface area contributed by atoms with Crippen molar-refractivity contribution in [3.05, 3.63) is 0 Å². The lowest BCUT2D eigenvalue weighted by Crippen LogP contribution is -2.52. The van der Waals surface area contributed by atoms with Gasteiger partial charge in [0.25, 0.3) is 5.97 Å². The molecule has 1 saturated heterocycles. The molecule has 1 fully saturated rings. The van der Waals surface area contributed by atoms with Gasteiger partial charge in [0.15, 0.2) is 0 Å². The average molecular weight is 275 g/mol. The summed E-state index contributed by atoms with van der Waals surface area (Å²) in [4.78, 5) is 15.5. The first kappa shape index (κ1) is 15.4. The summed E-state index contributed by atoms with van der Waals surface area (Å²) in [6.07, 6.45) is 3.61. The minimum Gasteiger partial charge on any atom is -0.444 e. The number of ether oxygens (including phenoxy) is 1. The molecule has 0 radical (unpaired) electrons. The third-order valence-corrected chi connectivity index (χ3v) is 3.80. The topological polar surface area (TPSA) is 53.0 Å². The Labute approximate surface area is 110 Å². The maximum Gasteiger partial charge on any atom is 0.410 e. The first-order valence-corrected chi connectivity index (χ1v) is 8.18. The van der Waals surface area contributed by atoms with E-state index in [-0.39, 0.29) is 6.09 Å². The van der Waals surface area contributed by atoms with Crippen LogP contribution in [0.5, 0.6) is 0 Å². The Morgan fingerprint density at radius 2 is 1.83 bits per heavy atom. The second-order valence-electron chi connectivity index (χ2n) is 5.61. The maximum atomic E-state index is 11.8. The van der Waals surface area contributed by atoms with E-state index < -0.39 is 19.1 Å². The number of hydrogen-bond donors (Lipinski definition) is 1. The number of carbonyl (C=O) groups excluding carboxylic acids is 1. The molecule has 5 nitrogen and oxygen atoms in total. The molecule has 0 aromatic heterocycles. The lowest BCUT2D eigenvalue weighted by atomic mass is 10.2. The van der Waals surface area contributed by atoms with Crippen LogP contribution in [0.1, 0.15) is 20.8 Å². The second-order valence-corrected chi connectivity index (χ2v) is 7.58. The molecule has 18 heavy (non-hydrogen) atoms. The first-order chi connectivity index (χ1) is 8.20. The zero-order valence-electron chi connectivity index (χ0n) is 11.7. The average Bonchev–Trinajstić information content (AvgIpc) is 2.26. The number of carbonyl (C=O) groups is 1. The van der Waals surface area contributed by atoms with Crippen LogP contribution in [0.2, 0.25) is 0 Å². The number of piperazine rings is 1. The summed E-state index contributed by atoms with van der Waals surface area (Å²) in [5.41, 5.74) is -0.460. The quantitative estimate of drug-likeness (QED) is 0.773. The van der Waals surface area contributed by atoms with Crippen molar-refractivity contribution >= 4 is 19.9 Å². The van der Waals surface area contributed by atoms with E-state index in [4.69, 9.17) is 4.74 Å². The van der Waals surface area contributed by atoms with E-state index in [1.807, 2.05) is 32.3 Å². The van der Waals surface area contributed by atoms with Crippen LogP contribution in [0.15, 0.2) is 0 Å². The van der Waals surface area contributed by atoms with Crippen molar-refractivity contribution < 1.29 is 14.6 Å². The van der Waals surface area contributed by atoms with Crippen LogP contribution >= 0.6 is 7.55 Å². The maximum absolute atomic E-state index is 11.8. The normalized spacial score (nSPS) is 20.5. The van der Waals surface area contributed by atoms with Crippen molar-refractivity contribution in [1.29, 1.82) is 0 Å². The van der Waals surface area contributed by atoms with E-state index in [2.05, 4.69) is 6.30 Å². The minimum absolute atomic E-state index is 0.273. The van der Waals surface area contributed by atoms with Gasteiger partial charge in [0.2, 0.25) is 0 Å². The predicted molar refractivity (Wildman–Crippen MR) is 75.4 cm³/mol. The Hall–Kier alpha value is -0.640. The van der Waals surface area contributed by atoms with Crippen molar-refractivity contribution in [2.45, 2.75) is 32.3 Å². The number of hydrogen-bond acceptors (Lipinski definition) is 4. The number of amides is 1. The van der Waals surface area contributed by atoms with Crippen LogP contribution < -0.4 is 0 Å². The molecule has 0 saturated carbocycles. The Bertz CT molecular complexity index is 320. The predicted octanol–water partition coefficient (Wildman–Crippen LogP) is 1.36. The number of rotatable bonds is 2. The standard InChI is InChI=1S/C12H24N2O3P/c1-12(2,3)17-10(15)13-6-8-14(9-7-13)11(16)18(4)5/h11,16H,4,6-9H2,1-3,5H3/q+1. The van der Waals surface area contributed by atoms with Crippen LogP contribution in [0, 0.1) is 0 Å². The van der Waals surface area contributed by atoms with Crippen molar-refractivity contribution in [3.63, 3.8) is 0 Å². The minimum atomic E-state index is -0.639. The van der Waals surface area contributed by atoms with E-state index >= 15 is 0 Å². The summed E-state index contributed by atoms with van der Waals surface area (Å²) in [7, 11) is -0.639. The SMILES string of the molecule is C=[P+](C)C(O)N1CCN(C(=O)OC(C)(C)C)CC1. The van der Waals surface area contributed by atoms with Gasteiger partial charge in [0, 0.05) is 26.2 Å². The van der Waals surface area contributed by atoms with Gasteiger partial charge in [-0.3, -0.25) is 0 Å². The van der Waals surface area contributed by atoms with E-state index in [1.165, 1.54) is 0 Å². The van der Waals surface area contributed by atoms with Gasteiger partial charge < -0.3 is 14.7 Å². The van der Waals surface area contributed by atoms with E-state index in [0.29, 0.717) is 26.2 Å². The Balaban J connectivity index is 2.44. The highest BCUT2D eigenvalue weighted by Gasteiger charge is 2.31. The summed E-state index contributed by atoms with van der Waals surface area (Å²) >= 11 is 0. The Morgan fingerprint density at radius 3 is 2.22 bits per heavy atom. The molecule has 1 rings (SSSR count). The third-order valence-electron chi connectivity index (χ3n) is 2.69. The molecule has 1 aliphatic rings. The van der Waals surface area contributed by atoms with Crippen LogP contribution in [-0.2, 0) is 4.74 Å². The lowest BCUT2D eigenvalue weighted by molar-refractivity contribution is -0.00332. The van der Waals surface area contributed by atoms with Crippen LogP contribution in [0.3, 0.4) is 0 Å². The van der Waals surface area contributed by atoms with Crippen LogP contribution in [-0.4, -0.2) is 71.7 Å². The molecule has 0 aromatic rings. The van der Waals surface area contributed by atoms with Gasteiger partial charge >= 0.3 is 6.09 Å². The van der Waals surface area contributed by atoms with Crippen LogP contribution in [0.4, 0.5) is 4.79 Å². The largest absolute Gasteiger partial charge is 0.444 e. The fourth-order valence-corrected chi connectivity index (χ4v) is 2.53. The molecule has 0 bridgehead atoms. The summed E-state index contributed by atoms with van der Waals surface area (Å²) in [6, 6.07) is 0. The highest BCUT2D eigenvalue weighted by atomic mass is 31.1. The van der Waals surface area contributed by atoms with E-state index in [0.717, 1.165) is 0 Å². The molecule has 1 N–H and O–H groups in total. The summed E-state index contributed by atoms with van der Waals surface area (Å²) < 4.78 is 5.32. The van der Waals surface area contributed by atoms with Gasteiger partial charge in [-0.25, -0.2) is 9.69 Å². The molecule has 1 heterocycles. The van der Waals surface area contributed by atoms with Crippen molar-refractivity contribution in [3.8, 4) is 0 Å². The molecule has 0 spiro atoms. The molecule has 0 aromatic carbocycles. The molecule has 2 atom stereocenters. The number of aliphatic hydroxyl groups excluding tert-OH is 1. The molecular weight excluding hydrogens is 251 g/mol. The van der Waals surface area contributed by atoms with E-state index in [1.54, 1.807) is 4.90 Å². The van der Waals surface area contributed by atoms with Gasteiger partial charge in [-0.05, 0) is 20.8 Å². The van der Waals surface area contributed by atoms with E-state index in [9.17, 15) is 9.90 Å². The van der Waals surface area contributed by atoms with Gasteiger partial charge in [0.1, 0.15) is 13.1 Å². The summed E-state index contributed by atoms with van der Waals surface area (Å²) in [5.74, 6) is -0.471. The highest BCUT2D eigenvalue weighted by Crippen LogP contribution is 2.24. The van der Waals surface area contributed by atoms with Gasteiger partial charge in [-0.2, -0.15) is 0 Å². The van der Waals surface area contributed by atoms with Gasteiger partial charge in [-0.15, -0.1) is 0 Å². The first-order valence-electron chi connectivity index (χ1n) is 6.14.